The quantitative estimate of drug-likeness (QED) is 0.867. The first-order chi connectivity index (χ1) is 8.58. The lowest BCUT2D eigenvalue weighted by molar-refractivity contribution is 0.0948. The first-order valence-corrected chi connectivity index (χ1v) is 5.75. The van der Waals surface area contributed by atoms with Crippen LogP contribution in [0.15, 0.2) is 36.7 Å². The Hall–Kier alpha value is -2.23. The summed E-state index contributed by atoms with van der Waals surface area (Å²) < 4.78 is 1.92. The highest BCUT2D eigenvalue weighted by Crippen LogP contribution is 2.21. The molecular formula is C14H16N2O2. The summed E-state index contributed by atoms with van der Waals surface area (Å²) >= 11 is 0. The molecule has 1 heterocycles. The maximum atomic E-state index is 11.9. The van der Waals surface area contributed by atoms with Gasteiger partial charge in [0, 0.05) is 26.0 Å². The Morgan fingerprint density at radius 1 is 1.39 bits per heavy atom. The molecule has 0 radical (unpaired) electrons. The second kappa shape index (κ2) is 4.96. The number of carbonyl (C=O) groups is 1. The van der Waals surface area contributed by atoms with Gasteiger partial charge >= 0.3 is 0 Å². The summed E-state index contributed by atoms with van der Waals surface area (Å²) in [5.41, 5.74) is 2.03. The summed E-state index contributed by atoms with van der Waals surface area (Å²) in [4.78, 5) is 11.9. The van der Waals surface area contributed by atoms with E-state index in [4.69, 9.17) is 0 Å². The lowest BCUT2D eigenvalue weighted by Crippen LogP contribution is -2.22. The van der Waals surface area contributed by atoms with Crippen LogP contribution >= 0.6 is 0 Å². The number of hydrogen-bond acceptors (Lipinski definition) is 2. The molecule has 0 aliphatic rings. The van der Waals surface area contributed by atoms with Gasteiger partial charge in [0.05, 0.1) is 5.56 Å². The second-order valence-electron chi connectivity index (χ2n) is 4.34. The molecule has 0 bridgehead atoms. The van der Waals surface area contributed by atoms with Gasteiger partial charge in [0.1, 0.15) is 5.75 Å². The van der Waals surface area contributed by atoms with E-state index in [2.05, 4.69) is 5.32 Å². The smallest absolute Gasteiger partial charge is 0.255 e. The van der Waals surface area contributed by atoms with E-state index in [1.165, 1.54) is 0 Å². The second-order valence-corrected chi connectivity index (χ2v) is 4.34. The third kappa shape index (κ3) is 2.53. The van der Waals surface area contributed by atoms with Crippen LogP contribution < -0.4 is 5.32 Å². The lowest BCUT2D eigenvalue weighted by Gasteiger charge is -2.07. The van der Waals surface area contributed by atoms with Crippen molar-refractivity contribution < 1.29 is 9.90 Å². The fraction of sp³-hybridized carbons (Fsp3) is 0.214. The monoisotopic (exact) mass is 244 g/mol. The molecule has 0 aliphatic heterocycles. The summed E-state index contributed by atoms with van der Waals surface area (Å²) in [6.45, 7) is 2.22. The highest BCUT2D eigenvalue weighted by molar-refractivity contribution is 5.97. The Kier molecular flexibility index (Phi) is 3.37. The molecule has 2 rings (SSSR count). The molecule has 0 saturated carbocycles. The van der Waals surface area contributed by atoms with E-state index in [1.54, 1.807) is 25.1 Å². The number of nitrogens with zero attached hydrogens (tertiary/aromatic N) is 1. The minimum absolute atomic E-state index is 0.0445. The Balaban J connectivity index is 2.06. The number of aromatic hydroxyl groups is 1. The maximum absolute atomic E-state index is 11.9. The fourth-order valence-electron chi connectivity index (χ4n) is 1.79. The van der Waals surface area contributed by atoms with Gasteiger partial charge in [0.25, 0.3) is 5.91 Å². The van der Waals surface area contributed by atoms with Crippen molar-refractivity contribution in [1.82, 2.24) is 9.88 Å². The van der Waals surface area contributed by atoms with E-state index in [9.17, 15) is 9.90 Å². The number of aryl methyl sites for hydroxylation is 2. The van der Waals surface area contributed by atoms with Gasteiger partial charge in [-0.2, -0.15) is 0 Å². The molecule has 1 amide bonds. The van der Waals surface area contributed by atoms with Gasteiger partial charge in [-0.05, 0) is 30.2 Å². The molecule has 0 atom stereocenters. The van der Waals surface area contributed by atoms with Gasteiger partial charge in [0.2, 0.25) is 0 Å². The number of rotatable bonds is 3. The van der Waals surface area contributed by atoms with Gasteiger partial charge in [-0.25, -0.2) is 0 Å². The summed E-state index contributed by atoms with van der Waals surface area (Å²) in [7, 11) is 1.93. The first-order valence-electron chi connectivity index (χ1n) is 5.75. The molecule has 0 fully saturated rings. The zero-order valence-corrected chi connectivity index (χ0v) is 10.5. The topological polar surface area (TPSA) is 54.3 Å². The molecular weight excluding hydrogens is 228 g/mol. The highest BCUT2D eigenvalue weighted by Gasteiger charge is 2.11. The Labute approximate surface area is 106 Å². The molecule has 0 unspecified atom stereocenters. The third-order valence-electron chi connectivity index (χ3n) is 2.83. The van der Waals surface area contributed by atoms with Crippen molar-refractivity contribution in [1.29, 1.82) is 0 Å². The van der Waals surface area contributed by atoms with Crippen LogP contribution in [-0.4, -0.2) is 15.6 Å². The van der Waals surface area contributed by atoms with E-state index in [-0.39, 0.29) is 11.7 Å². The van der Waals surface area contributed by atoms with Crippen molar-refractivity contribution in [3.05, 3.63) is 53.3 Å². The average molecular weight is 244 g/mol. The van der Waals surface area contributed by atoms with Gasteiger partial charge in [-0.1, -0.05) is 12.1 Å². The van der Waals surface area contributed by atoms with E-state index in [0.717, 1.165) is 5.56 Å². The van der Waals surface area contributed by atoms with Gasteiger partial charge < -0.3 is 15.0 Å². The van der Waals surface area contributed by atoms with E-state index < -0.39 is 0 Å². The van der Waals surface area contributed by atoms with Crippen LogP contribution in [0.3, 0.4) is 0 Å². The van der Waals surface area contributed by atoms with Crippen LogP contribution in [0.2, 0.25) is 0 Å². The number of carbonyl (C=O) groups excluding carboxylic acids is 1. The number of phenols is 1. The molecule has 4 heteroatoms. The Morgan fingerprint density at radius 3 is 2.83 bits per heavy atom. The average Bonchev–Trinajstić information content (AvgIpc) is 2.76. The predicted molar refractivity (Wildman–Crippen MR) is 69.4 cm³/mol. The van der Waals surface area contributed by atoms with E-state index >= 15 is 0 Å². The van der Waals surface area contributed by atoms with Gasteiger partial charge in [0.15, 0.2) is 0 Å². The van der Waals surface area contributed by atoms with E-state index in [1.807, 2.05) is 30.1 Å². The zero-order chi connectivity index (χ0) is 13.1. The number of benzene rings is 1. The summed E-state index contributed by atoms with van der Waals surface area (Å²) in [6.07, 6.45) is 3.86. The molecule has 18 heavy (non-hydrogen) atoms. The lowest BCUT2D eigenvalue weighted by atomic mass is 10.1. The molecule has 1 aromatic carbocycles. The predicted octanol–water partition coefficient (Wildman–Crippen LogP) is 1.97. The summed E-state index contributed by atoms with van der Waals surface area (Å²) in [5.74, 6) is -0.219. The molecule has 2 N–H and O–H groups in total. The van der Waals surface area contributed by atoms with Crippen LogP contribution in [0.25, 0.3) is 0 Å². The maximum Gasteiger partial charge on any atom is 0.255 e. The molecule has 4 nitrogen and oxygen atoms in total. The SMILES string of the molecule is Cc1cccc(C(=O)NCc2ccn(C)c2)c1O. The Bertz CT molecular complexity index is 573. The summed E-state index contributed by atoms with van der Waals surface area (Å²) in [5, 5.41) is 12.6. The number of phenolic OH excluding ortho intramolecular Hbond substituents is 1. The number of amides is 1. The molecule has 1 aromatic heterocycles. The molecule has 0 saturated heterocycles. The highest BCUT2D eigenvalue weighted by atomic mass is 16.3. The largest absolute Gasteiger partial charge is 0.507 e. The zero-order valence-electron chi connectivity index (χ0n) is 10.5. The van der Waals surface area contributed by atoms with Crippen LogP contribution in [0.4, 0.5) is 0 Å². The first kappa shape index (κ1) is 12.2. The Morgan fingerprint density at radius 2 is 2.17 bits per heavy atom. The minimum Gasteiger partial charge on any atom is -0.507 e. The molecule has 0 spiro atoms. The van der Waals surface area contributed by atoms with Crippen molar-refractivity contribution >= 4 is 5.91 Å². The molecule has 94 valence electrons. The minimum atomic E-state index is -0.264. The number of nitrogens with one attached hydrogen (secondary N) is 1. The van der Waals surface area contributed by atoms with E-state index in [0.29, 0.717) is 17.7 Å². The van der Waals surface area contributed by atoms with Crippen molar-refractivity contribution in [2.75, 3.05) is 0 Å². The molecule has 2 aromatic rings. The van der Waals surface area contributed by atoms with Crippen LogP contribution in [0.1, 0.15) is 21.5 Å². The van der Waals surface area contributed by atoms with Crippen molar-refractivity contribution in [2.24, 2.45) is 7.05 Å². The van der Waals surface area contributed by atoms with Gasteiger partial charge in [-0.3, -0.25) is 4.79 Å². The van der Waals surface area contributed by atoms with Crippen molar-refractivity contribution in [3.8, 4) is 5.75 Å². The molecule has 0 aliphatic carbocycles. The fourth-order valence-corrected chi connectivity index (χ4v) is 1.79. The third-order valence-corrected chi connectivity index (χ3v) is 2.83. The number of para-hydroxylation sites is 1. The standard InChI is InChI=1S/C14H16N2O2/c1-10-4-3-5-12(13(10)17)14(18)15-8-11-6-7-16(2)9-11/h3-7,9,17H,8H2,1-2H3,(H,15,18). The van der Waals surface area contributed by atoms with Crippen molar-refractivity contribution in [3.63, 3.8) is 0 Å². The number of aromatic nitrogens is 1. The normalized spacial score (nSPS) is 10.3. The summed E-state index contributed by atoms with van der Waals surface area (Å²) in [6, 6.07) is 7.08. The van der Waals surface area contributed by atoms with Crippen molar-refractivity contribution in [2.45, 2.75) is 13.5 Å². The van der Waals surface area contributed by atoms with Crippen LogP contribution in [0.5, 0.6) is 5.75 Å². The number of hydrogen-bond donors (Lipinski definition) is 2. The van der Waals surface area contributed by atoms with Gasteiger partial charge in [-0.15, -0.1) is 0 Å². The van der Waals surface area contributed by atoms with Crippen LogP contribution in [-0.2, 0) is 13.6 Å². The van der Waals surface area contributed by atoms with Crippen LogP contribution in [0, 0.1) is 6.92 Å².